The van der Waals surface area contributed by atoms with Crippen LogP contribution in [0.5, 0.6) is 0 Å². The van der Waals surface area contributed by atoms with Crippen molar-refractivity contribution < 1.29 is 4.57 Å². The van der Waals surface area contributed by atoms with E-state index >= 15 is 0 Å². The Bertz CT molecular complexity index is 144. The summed E-state index contributed by atoms with van der Waals surface area (Å²) in [5.41, 5.74) is 0. The van der Waals surface area contributed by atoms with E-state index in [0.717, 1.165) is 0 Å². The summed E-state index contributed by atoms with van der Waals surface area (Å²) in [7, 11) is 8.49. The van der Waals surface area contributed by atoms with Crippen molar-refractivity contribution in [1.82, 2.24) is 14.0 Å². The Balaban J connectivity index is 0. The van der Waals surface area contributed by atoms with Crippen LogP contribution in [0.4, 0.5) is 0 Å². The average molecular weight is 216 g/mol. The maximum absolute atomic E-state index is 12.1. The molecule has 0 aliphatic carbocycles. The second kappa shape index (κ2) is 5.20. The second-order valence-electron chi connectivity index (χ2n) is 3.05. The summed E-state index contributed by atoms with van der Waals surface area (Å²) in [6.07, 6.45) is 0. The van der Waals surface area contributed by atoms with Gasteiger partial charge in [-0.1, -0.05) is 0 Å². The first-order valence-electron chi connectivity index (χ1n) is 3.47. The van der Waals surface area contributed by atoms with Crippen molar-refractivity contribution >= 4 is 20.0 Å². The molecule has 0 fully saturated rings. The Labute approximate surface area is 81.5 Å². The highest BCUT2D eigenvalue weighted by Crippen LogP contribution is 2.50. The van der Waals surface area contributed by atoms with E-state index in [1.54, 1.807) is 14.0 Å². The number of rotatable bonds is 3. The maximum atomic E-state index is 12.1. The highest BCUT2D eigenvalue weighted by molar-refractivity contribution is 7.56. The lowest BCUT2D eigenvalue weighted by Gasteiger charge is -2.34. The summed E-state index contributed by atoms with van der Waals surface area (Å²) in [6.45, 7) is 0. The van der Waals surface area contributed by atoms with Crippen molar-refractivity contribution in [3.63, 3.8) is 0 Å². The summed E-state index contributed by atoms with van der Waals surface area (Å²) in [6, 6.07) is 0. The molecule has 0 unspecified atom stereocenters. The van der Waals surface area contributed by atoms with Crippen molar-refractivity contribution in [1.29, 1.82) is 0 Å². The molecule has 4 nitrogen and oxygen atoms in total. The molecule has 0 heterocycles. The zero-order valence-electron chi connectivity index (χ0n) is 8.61. The third-order valence-electron chi connectivity index (χ3n) is 1.56. The normalized spacial score (nSPS) is 12.4. The number of nitrogens with zero attached hydrogens (tertiary/aromatic N) is 3. The Morgan fingerprint density at radius 2 is 0.917 bits per heavy atom. The quantitative estimate of drug-likeness (QED) is 0.661. The standard InChI is InChI=1S/C6H18N3OP.ClH/c1-7(2)11(10,8(3)4)9(5)6;/h1-6H3;1H. The van der Waals surface area contributed by atoms with Crippen LogP contribution in [0.25, 0.3) is 0 Å². The molecule has 0 aliphatic heterocycles. The molecule has 0 atom stereocenters. The lowest BCUT2D eigenvalue weighted by Crippen LogP contribution is -2.30. The van der Waals surface area contributed by atoms with E-state index in [9.17, 15) is 4.57 Å². The lowest BCUT2D eigenvalue weighted by molar-refractivity contribution is 0.383. The third kappa shape index (κ3) is 2.71. The monoisotopic (exact) mass is 215 g/mol. The second-order valence-corrected chi connectivity index (χ2v) is 6.48. The first-order valence-corrected chi connectivity index (χ1v) is 5.03. The molecule has 0 radical (unpaired) electrons. The van der Waals surface area contributed by atoms with Crippen LogP contribution < -0.4 is 0 Å². The maximum Gasteiger partial charge on any atom is 0.285 e. The van der Waals surface area contributed by atoms with Crippen LogP contribution in [0.3, 0.4) is 0 Å². The number of hydrogen-bond donors (Lipinski definition) is 0. The molecule has 0 spiro atoms. The van der Waals surface area contributed by atoms with Gasteiger partial charge in [-0.05, 0) is 42.3 Å². The van der Waals surface area contributed by atoms with Crippen LogP contribution in [-0.2, 0) is 4.57 Å². The minimum atomic E-state index is -2.44. The molecule has 0 aromatic carbocycles. The summed E-state index contributed by atoms with van der Waals surface area (Å²) < 4.78 is 17.3. The van der Waals surface area contributed by atoms with Gasteiger partial charge in [-0.3, -0.25) is 4.57 Å². The van der Waals surface area contributed by atoms with Gasteiger partial charge in [0.25, 0.3) is 7.59 Å². The van der Waals surface area contributed by atoms with Crippen molar-refractivity contribution in [2.75, 3.05) is 42.3 Å². The van der Waals surface area contributed by atoms with Crippen LogP contribution in [0.2, 0.25) is 0 Å². The molecule has 0 rings (SSSR count). The SMILES string of the molecule is CN(C)P(=O)(N(C)C)N(C)C.Cl. The van der Waals surface area contributed by atoms with Gasteiger partial charge in [0.15, 0.2) is 0 Å². The molecule has 0 aromatic rings. The number of halogens is 1. The molecule has 0 saturated carbocycles. The van der Waals surface area contributed by atoms with E-state index in [1.807, 2.05) is 42.3 Å². The molecular weight excluding hydrogens is 197 g/mol. The van der Waals surface area contributed by atoms with Crippen molar-refractivity contribution in [3.05, 3.63) is 0 Å². The van der Waals surface area contributed by atoms with E-state index in [1.165, 1.54) is 0 Å². The molecule has 12 heavy (non-hydrogen) atoms. The third-order valence-corrected chi connectivity index (χ3v) is 4.69. The molecule has 0 N–H and O–H groups in total. The van der Waals surface area contributed by atoms with Gasteiger partial charge >= 0.3 is 0 Å². The fourth-order valence-corrected chi connectivity index (χ4v) is 3.22. The Kier molecular flexibility index (Phi) is 6.46. The zero-order valence-corrected chi connectivity index (χ0v) is 10.3. The van der Waals surface area contributed by atoms with Crippen LogP contribution in [0, 0.1) is 0 Å². The smallest absolute Gasteiger partial charge is 0.270 e. The summed E-state index contributed by atoms with van der Waals surface area (Å²) in [4.78, 5) is 0. The van der Waals surface area contributed by atoms with E-state index in [0.29, 0.717) is 0 Å². The van der Waals surface area contributed by atoms with Crippen molar-refractivity contribution in [2.45, 2.75) is 0 Å². The average Bonchev–Trinajstić information content (AvgIpc) is 1.84. The minimum absolute atomic E-state index is 0. The van der Waals surface area contributed by atoms with E-state index in [4.69, 9.17) is 0 Å². The first-order chi connectivity index (χ1) is 4.83. The van der Waals surface area contributed by atoms with Crippen LogP contribution in [-0.4, -0.2) is 56.3 Å². The minimum Gasteiger partial charge on any atom is -0.270 e. The molecule has 6 heteroatoms. The van der Waals surface area contributed by atoms with Gasteiger partial charge in [0, 0.05) is 0 Å². The molecule has 76 valence electrons. The molecule has 0 aromatic heterocycles. The fourth-order valence-electron chi connectivity index (χ4n) is 1.07. The van der Waals surface area contributed by atoms with Crippen LogP contribution >= 0.6 is 20.0 Å². The predicted molar refractivity (Wildman–Crippen MR) is 55.9 cm³/mol. The molecule has 0 aliphatic rings. The Morgan fingerprint density at radius 3 is 0.917 bits per heavy atom. The summed E-state index contributed by atoms with van der Waals surface area (Å²) in [5.74, 6) is 0. The van der Waals surface area contributed by atoms with Gasteiger partial charge in [0.05, 0.1) is 0 Å². The highest BCUT2D eigenvalue weighted by atomic mass is 35.5. The van der Waals surface area contributed by atoms with Gasteiger partial charge in [-0.15, -0.1) is 12.4 Å². The van der Waals surface area contributed by atoms with E-state index in [-0.39, 0.29) is 12.4 Å². The largest absolute Gasteiger partial charge is 0.285 e. The molecule has 0 saturated heterocycles. The van der Waals surface area contributed by atoms with Crippen LogP contribution in [0.15, 0.2) is 0 Å². The van der Waals surface area contributed by atoms with Gasteiger partial charge < -0.3 is 0 Å². The topological polar surface area (TPSA) is 26.8 Å². The van der Waals surface area contributed by atoms with Crippen molar-refractivity contribution in [2.24, 2.45) is 0 Å². The zero-order chi connectivity index (χ0) is 9.23. The predicted octanol–water partition coefficient (Wildman–Crippen LogP) is 1.20. The lowest BCUT2D eigenvalue weighted by atomic mass is 11.2. The fraction of sp³-hybridized carbons (Fsp3) is 1.00. The van der Waals surface area contributed by atoms with Gasteiger partial charge in [-0.2, -0.15) is 0 Å². The number of hydrogen-bond acceptors (Lipinski definition) is 1. The van der Waals surface area contributed by atoms with Gasteiger partial charge in [0.2, 0.25) is 0 Å². The summed E-state index contributed by atoms with van der Waals surface area (Å²) >= 11 is 0. The highest BCUT2D eigenvalue weighted by Gasteiger charge is 2.30. The Hall–Kier alpha value is 0.400. The first kappa shape index (κ1) is 14.9. The molecule has 0 bridgehead atoms. The van der Waals surface area contributed by atoms with E-state index in [2.05, 4.69) is 0 Å². The van der Waals surface area contributed by atoms with Gasteiger partial charge in [-0.25, -0.2) is 14.0 Å². The van der Waals surface area contributed by atoms with Crippen LogP contribution in [0.1, 0.15) is 0 Å². The molecule has 0 amide bonds. The molecular formula is C6H19ClN3OP. The van der Waals surface area contributed by atoms with E-state index < -0.39 is 7.59 Å². The Morgan fingerprint density at radius 1 is 0.750 bits per heavy atom. The van der Waals surface area contributed by atoms with Crippen molar-refractivity contribution in [3.8, 4) is 0 Å². The summed E-state index contributed by atoms with van der Waals surface area (Å²) in [5, 5.41) is 0. The van der Waals surface area contributed by atoms with Gasteiger partial charge in [0.1, 0.15) is 0 Å².